The van der Waals surface area contributed by atoms with E-state index in [9.17, 15) is 0 Å². The van der Waals surface area contributed by atoms with Gasteiger partial charge in [0, 0.05) is 12.1 Å². The SMILES string of the molecule is COc1ccc(CC2CC(N)C2)c(OC)c1. The molecular formula is C13H19NO2. The average Bonchev–Trinajstić information content (AvgIpc) is 2.27. The summed E-state index contributed by atoms with van der Waals surface area (Å²) in [7, 11) is 3.37. The van der Waals surface area contributed by atoms with E-state index in [0.717, 1.165) is 36.7 Å². The van der Waals surface area contributed by atoms with Crippen molar-refractivity contribution in [1.82, 2.24) is 0 Å². The van der Waals surface area contributed by atoms with Gasteiger partial charge in [-0.05, 0) is 36.8 Å². The highest BCUT2D eigenvalue weighted by molar-refractivity contribution is 5.41. The maximum absolute atomic E-state index is 5.79. The second kappa shape index (κ2) is 4.74. The lowest BCUT2D eigenvalue weighted by Crippen LogP contribution is -2.37. The first-order valence-electron chi connectivity index (χ1n) is 5.69. The number of hydrogen-bond donors (Lipinski definition) is 1. The molecular weight excluding hydrogens is 202 g/mol. The maximum Gasteiger partial charge on any atom is 0.125 e. The van der Waals surface area contributed by atoms with E-state index in [1.165, 1.54) is 5.56 Å². The van der Waals surface area contributed by atoms with E-state index in [2.05, 4.69) is 6.07 Å². The van der Waals surface area contributed by atoms with Crippen LogP contribution in [0, 0.1) is 5.92 Å². The van der Waals surface area contributed by atoms with Crippen LogP contribution in [0.3, 0.4) is 0 Å². The summed E-state index contributed by atoms with van der Waals surface area (Å²) >= 11 is 0. The van der Waals surface area contributed by atoms with Crippen LogP contribution in [0.4, 0.5) is 0 Å². The lowest BCUT2D eigenvalue weighted by molar-refractivity contribution is 0.261. The molecule has 1 fully saturated rings. The van der Waals surface area contributed by atoms with Gasteiger partial charge in [-0.25, -0.2) is 0 Å². The van der Waals surface area contributed by atoms with E-state index >= 15 is 0 Å². The third-order valence-electron chi connectivity index (χ3n) is 3.27. The molecule has 1 saturated carbocycles. The minimum Gasteiger partial charge on any atom is -0.497 e. The Balaban J connectivity index is 2.07. The zero-order valence-electron chi connectivity index (χ0n) is 9.90. The minimum atomic E-state index is 0.411. The highest BCUT2D eigenvalue weighted by Crippen LogP contribution is 2.33. The molecule has 0 saturated heterocycles. The zero-order valence-corrected chi connectivity index (χ0v) is 9.90. The molecule has 16 heavy (non-hydrogen) atoms. The minimum absolute atomic E-state index is 0.411. The Morgan fingerprint density at radius 3 is 2.56 bits per heavy atom. The quantitative estimate of drug-likeness (QED) is 0.845. The fourth-order valence-corrected chi connectivity index (χ4v) is 2.29. The van der Waals surface area contributed by atoms with Crippen LogP contribution in [0.5, 0.6) is 11.5 Å². The van der Waals surface area contributed by atoms with Crippen LogP contribution >= 0.6 is 0 Å². The molecule has 3 nitrogen and oxygen atoms in total. The zero-order chi connectivity index (χ0) is 11.5. The summed E-state index contributed by atoms with van der Waals surface area (Å²) in [5.74, 6) is 2.48. The second-order valence-electron chi connectivity index (χ2n) is 4.48. The monoisotopic (exact) mass is 221 g/mol. The lowest BCUT2D eigenvalue weighted by Gasteiger charge is -2.32. The van der Waals surface area contributed by atoms with Crippen molar-refractivity contribution in [2.75, 3.05) is 14.2 Å². The van der Waals surface area contributed by atoms with Crippen LogP contribution in [0.2, 0.25) is 0 Å². The Morgan fingerprint density at radius 1 is 1.25 bits per heavy atom. The summed E-state index contributed by atoms with van der Waals surface area (Å²) in [6.45, 7) is 0. The molecule has 0 atom stereocenters. The lowest BCUT2D eigenvalue weighted by atomic mass is 9.77. The Labute approximate surface area is 96.5 Å². The summed E-state index contributed by atoms with van der Waals surface area (Å²) in [6.07, 6.45) is 3.32. The molecule has 0 heterocycles. The van der Waals surface area contributed by atoms with Gasteiger partial charge in [0.1, 0.15) is 11.5 Å². The van der Waals surface area contributed by atoms with Crippen molar-refractivity contribution in [2.45, 2.75) is 25.3 Å². The van der Waals surface area contributed by atoms with Crippen LogP contribution in [-0.4, -0.2) is 20.3 Å². The van der Waals surface area contributed by atoms with Crippen LogP contribution in [-0.2, 0) is 6.42 Å². The van der Waals surface area contributed by atoms with Gasteiger partial charge in [-0.15, -0.1) is 0 Å². The fraction of sp³-hybridized carbons (Fsp3) is 0.538. The molecule has 0 unspecified atom stereocenters. The normalized spacial score (nSPS) is 23.7. The van der Waals surface area contributed by atoms with Crippen molar-refractivity contribution >= 4 is 0 Å². The van der Waals surface area contributed by atoms with E-state index in [1.54, 1.807) is 14.2 Å². The molecule has 0 spiro atoms. The van der Waals surface area contributed by atoms with Gasteiger partial charge in [0.25, 0.3) is 0 Å². The van der Waals surface area contributed by atoms with Gasteiger partial charge in [-0.3, -0.25) is 0 Å². The number of hydrogen-bond acceptors (Lipinski definition) is 3. The third-order valence-corrected chi connectivity index (χ3v) is 3.27. The van der Waals surface area contributed by atoms with Gasteiger partial charge in [-0.1, -0.05) is 6.07 Å². The van der Waals surface area contributed by atoms with Crippen LogP contribution < -0.4 is 15.2 Å². The second-order valence-corrected chi connectivity index (χ2v) is 4.48. The maximum atomic E-state index is 5.79. The van der Waals surface area contributed by atoms with Gasteiger partial charge in [0.15, 0.2) is 0 Å². The van der Waals surface area contributed by atoms with Crippen LogP contribution in [0.25, 0.3) is 0 Å². The molecule has 3 heteroatoms. The fourth-order valence-electron chi connectivity index (χ4n) is 2.29. The summed E-state index contributed by atoms with van der Waals surface area (Å²) in [5.41, 5.74) is 7.04. The van der Waals surface area contributed by atoms with Crippen LogP contribution in [0.15, 0.2) is 18.2 Å². The molecule has 1 aliphatic carbocycles. The molecule has 0 aliphatic heterocycles. The average molecular weight is 221 g/mol. The first kappa shape index (κ1) is 11.3. The number of benzene rings is 1. The van der Waals surface area contributed by atoms with Gasteiger partial charge in [0.05, 0.1) is 14.2 Å². The van der Waals surface area contributed by atoms with E-state index in [0.29, 0.717) is 6.04 Å². The molecule has 2 N–H and O–H groups in total. The van der Waals surface area contributed by atoms with E-state index in [4.69, 9.17) is 15.2 Å². The van der Waals surface area contributed by atoms with Gasteiger partial charge in [-0.2, -0.15) is 0 Å². The number of methoxy groups -OCH3 is 2. The van der Waals surface area contributed by atoms with Gasteiger partial charge >= 0.3 is 0 Å². The predicted molar refractivity (Wildman–Crippen MR) is 63.9 cm³/mol. The van der Waals surface area contributed by atoms with Crippen molar-refractivity contribution in [3.63, 3.8) is 0 Å². The molecule has 1 aromatic carbocycles. The Hall–Kier alpha value is -1.22. The van der Waals surface area contributed by atoms with E-state index < -0.39 is 0 Å². The first-order valence-corrected chi connectivity index (χ1v) is 5.69. The molecule has 0 bridgehead atoms. The topological polar surface area (TPSA) is 44.5 Å². The first-order chi connectivity index (χ1) is 7.72. The van der Waals surface area contributed by atoms with Gasteiger partial charge < -0.3 is 15.2 Å². The van der Waals surface area contributed by atoms with Crippen molar-refractivity contribution < 1.29 is 9.47 Å². The largest absolute Gasteiger partial charge is 0.497 e. The molecule has 0 aromatic heterocycles. The summed E-state index contributed by atoms with van der Waals surface area (Å²) in [4.78, 5) is 0. The summed E-state index contributed by atoms with van der Waals surface area (Å²) in [5, 5.41) is 0. The Bertz CT molecular complexity index is 359. The third kappa shape index (κ3) is 2.30. The Morgan fingerprint density at radius 2 is 2.00 bits per heavy atom. The molecule has 1 aliphatic rings. The molecule has 88 valence electrons. The highest BCUT2D eigenvalue weighted by atomic mass is 16.5. The van der Waals surface area contributed by atoms with Crippen molar-refractivity contribution in [3.8, 4) is 11.5 Å². The van der Waals surface area contributed by atoms with Crippen molar-refractivity contribution in [2.24, 2.45) is 11.7 Å². The highest BCUT2D eigenvalue weighted by Gasteiger charge is 2.26. The Kier molecular flexibility index (Phi) is 3.34. The predicted octanol–water partition coefficient (Wildman–Crippen LogP) is 1.98. The molecule has 0 radical (unpaired) electrons. The van der Waals surface area contributed by atoms with Gasteiger partial charge in [0.2, 0.25) is 0 Å². The molecule has 0 amide bonds. The number of nitrogens with two attached hydrogens (primary N) is 1. The number of rotatable bonds is 4. The molecule has 2 rings (SSSR count). The standard InChI is InChI=1S/C13H19NO2/c1-15-12-4-3-10(13(8-12)16-2)5-9-6-11(14)7-9/h3-4,8-9,11H,5-7,14H2,1-2H3. The van der Waals surface area contributed by atoms with Crippen molar-refractivity contribution in [1.29, 1.82) is 0 Å². The van der Waals surface area contributed by atoms with E-state index in [1.807, 2.05) is 12.1 Å². The van der Waals surface area contributed by atoms with Crippen molar-refractivity contribution in [3.05, 3.63) is 23.8 Å². The van der Waals surface area contributed by atoms with E-state index in [-0.39, 0.29) is 0 Å². The summed E-state index contributed by atoms with van der Waals surface area (Å²) < 4.78 is 10.5. The smallest absolute Gasteiger partial charge is 0.125 e. The van der Waals surface area contributed by atoms with Crippen LogP contribution in [0.1, 0.15) is 18.4 Å². The number of ether oxygens (including phenoxy) is 2. The summed E-state index contributed by atoms with van der Waals surface area (Å²) in [6, 6.07) is 6.42. The molecule has 1 aromatic rings.